The summed E-state index contributed by atoms with van der Waals surface area (Å²) >= 11 is 0. The van der Waals surface area contributed by atoms with E-state index in [1.165, 1.54) is 0 Å². The van der Waals surface area contributed by atoms with Crippen LogP contribution in [-0.2, 0) is 11.3 Å². The van der Waals surface area contributed by atoms with E-state index in [1.54, 1.807) is 6.20 Å². The van der Waals surface area contributed by atoms with Crippen LogP contribution in [0.1, 0.15) is 25.5 Å². The van der Waals surface area contributed by atoms with Gasteiger partial charge in [0.05, 0.1) is 18.3 Å². The van der Waals surface area contributed by atoms with Crippen molar-refractivity contribution in [2.45, 2.75) is 32.4 Å². The van der Waals surface area contributed by atoms with Gasteiger partial charge in [-0.3, -0.25) is 9.78 Å². The molecule has 0 aliphatic carbocycles. The first-order chi connectivity index (χ1) is 8.31. The van der Waals surface area contributed by atoms with Crippen molar-refractivity contribution in [2.75, 3.05) is 13.1 Å². The summed E-state index contributed by atoms with van der Waals surface area (Å²) in [6.45, 7) is 4.30. The molecule has 0 spiro atoms. The Morgan fingerprint density at radius 2 is 2.47 bits per heavy atom. The van der Waals surface area contributed by atoms with Crippen molar-refractivity contribution in [3.05, 3.63) is 30.1 Å². The normalized spacial score (nSPS) is 19.2. The molecule has 0 unspecified atom stereocenters. The molecule has 92 valence electrons. The molecule has 2 heterocycles. The molecule has 1 aliphatic heterocycles. The second-order valence-electron chi connectivity index (χ2n) is 4.32. The number of nitrogens with one attached hydrogen (secondary N) is 1. The first-order valence-corrected chi connectivity index (χ1v) is 6.23. The fraction of sp³-hybridized carbons (Fsp3) is 0.538. The zero-order valence-corrected chi connectivity index (χ0v) is 10.2. The van der Waals surface area contributed by atoms with E-state index in [0.717, 1.165) is 31.6 Å². The van der Waals surface area contributed by atoms with Crippen molar-refractivity contribution in [1.29, 1.82) is 0 Å². The third kappa shape index (κ3) is 3.03. The highest BCUT2D eigenvalue weighted by Gasteiger charge is 2.26. The van der Waals surface area contributed by atoms with Gasteiger partial charge in [-0.25, -0.2) is 0 Å². The van der Waals surface area contributed by atoms with Gasteiger partial charge in [0, 0.05) is 12.7 Å². The molecule has 1 amide bonds. The van der Waals surface area contributed by atoms with Gasteiger partial charge < -0.3 is 10.2 Å². The van der Waals surface area contributed by atoms with Crippen LogP contribution in [0.15, 0.2) is 24.4 Å². The molecule has 1 aliphatic rings. The minimum Gasteiger partial charge on any atom is -0.336 e. The maximum atomic E-state index is 12.2. The summed E-state index contributed by atoms with van der Waals surface area (Å²) in [4.78, 5) is 18.3. The van der Waals surface area contributed by atoms with Gasteiger partial charge >= 0.3 is 0 Å². The van der Waals surface area contributed by atoms with E-state index >= 15 is 0 Å². The molecule has 1 atom stereocenters. The lowest BCUT2D eigenvalue weighted by atomic mass is 10.2. The van der Waals surface area contributed by atoms with Gasteiger partial charge in [-0.2, -0.15) is 0 Å². The molecular weight excluding hydrogens is 214 g/mol. The molecule has 1 aromatic heterocycles. The summed E-state index contributed by atoms with van der Waals surface area (Å²) in [5.74, 6) is 0.204. The summed E-state index contributed by atoms with van der Waals surface area (Å²) in [6.07, 6.45) is 3.82. The van der Waals surface area contributed by atoms with Gasteiger partial charge in [0.25, 0.3) is 0 Å². The molecule has 0 saturated carbocycles. The van der Waals surface area contributed by atoms with Gasteiger partial charge in [0.2, 0.25) is 5.91 Å². The molecule has 0 aromatic carbocycles. The van der Waals surface area contributed by atoms with Gasteiger partial charge in [-0.05, 0) is 38.4 Å². The lowest BCUT2D eigenvalue weighted by Gasteiger charge is -2.23. The average molecular weight is 233 g/mol. The van der Waals surface area contributed by atoms with Crippen LogP contribution in [0.3, 0.4) is 0 Å². The van der Waals surface area contributed by atoms with E-state index in [1.807, 2.05) is 30.0 Å². The Labute approximate surface area is 102 Å². The summed E-state index contributed by atoms with van der Waals surface area (Å²) in [5, 5.41) is 3.25. The average Bonchev–Trinajstić information content (AvgIpc) is 2.90. The van der Waals surface area contributed by atoms with Crippen molar-refractivity contribution in [2.24, 2.45) is 0 Å². The third-order valence-corrected chi connectivity index (χ3v) is 3.13. The number of nitrogens with zero attached hydrogens (tertiary/aromatic N) is 2. The number of rotatable bonds is 4. The smallest absolute Gasteiger partial charge is 0.240 e. The summed E-state index contributed by atoms with van der Waals surface area (Å²) in [5.41, 5.74) is 0.945. The first kappa shape index (κ1) is 12.0. The summed E-state index contributed by atoms with van der Waals surface area (Å²) in [6, 6.07) is 5.81. The fourth-order valence-corrected chi connectivity index (χ4v) is 2.15. The van der Waals surface area contributed by atoms with Crippen molar-refractivity contribution in [1.82, 2.24) is 15.2 Å². The van der Waals surface area contributed by atoms with E-state index in [0.29, 0.717) is 6.54 Å². The molecule has 1 fully saturated rings. The second kappa shape index (κ2) is 5.77. The molecule has 17 heavy (non-hydrogen) atoms. The number of amides is 1. The maximum Gasteiger partial charge on any atom is 0.240 e. The fourth-order valence-electron chi connectivity index (χ4n) is 2.15. The highest BCUT2D eigenvalue weighted by molar-refractivity contribution is 5.82. The predicted molar refractivity (Wildman–Crippen MR) is 66.4 cm³/mol. The summed E-state index contributed by atoms with van der Waals surface area (Å²) in [7, 11) is 0. The zero-order chi connectivity index (χ0) is 12.1. The quantitative estimate of drug-likeness (QED) is 0.849. The Morgan fingerprint density at radius 3 is 3.06 bits per heavy atom. The van der Waals surface area contributed by atoms with Gasteiger partial charge in [-0.15, -0.1) is 0 Å². The van der Waals surface area contributed by atoms with Crippen molar-refractivity contribution in [3.63, 3.8) is 0 Å². The molecule has 1 aromatic rings. The van der Waals surface area contributed by atoms with Crippen LogP contribution >= 0.6 is 0 Å². The Hall–Kier alpha value is -1.42. The SMILES string of the molecule is CCN(Cc1ccccn1)C(=O)[C@H]1CCCN1. The Bertz CT molecular complexity index is 360. The third-order valence-electron chi connectivity index (χ3n) is 3.13. The van der Waals surface area contributed by atoms with Crippen LogP contribution < -0.4 is 5.32 Å². The van der Waals surface area contributed by atoms with E-state index in [4.69, 9.17) is 0 Å². The second-order valence-corrected chi connectivity index (χ2v) is 4.32. The van der Waals surface area contributed by atoms with Gasteiger partial charge in [0.1, 0.15) is 0 Å². The molecule has 4 nitrogen and oxygen atoms in total. The topological polar surface area (TPSA) is 45.2 Å². The monoisotopic (exact) mass is 233 g/mol. The van der Waals surface area contributed by atoms with Crippen LogP contribution in [0.4, 0.5) is 0 Å². The Kier molecular flexibility index (Phi) is 4.09. The Morgan fingerprint density at radius 1 is 1.59 bits per heavy atom. The zero-order valence-electron chi connectivity index (χ0n) is 10.2. The van der Waals surface area contributed by atoms with Gasteiger partial charge in [-0.1, -0.05) is 6.07 Å². The molecule has 0 bridgehead atoms. The van der Waals surface area contributed by atoms with E-state index < -0.39 is 0 Å². The van der Waals surface area contributed by atoms with E-state index in [9.17, 15) is 4.79 Å². The van der Waals surface area contributed by atoms with Crippen LogP contribution in [0.5, 0.6) is 0 Å². The minimum atomic E-state index is 0.0127. The van der Waals surface area contributed by atoms with Crippen molar-refractivity contribution in [3.8, 4) is 0 Å². The highest BCUT2D eigenvalue weighted by Crippen LogP contribution is 2.10. The Balaban J connectivity index is 1.98. The summed E-state index contributed by atoms with van der Waals surface area (Å²) < 4.78 is 0. The number of hydrogen-bond acceptors (Lipinski definition) is 3. The van der Waals surface area contributed by atoms with Gasteiger partial charge in [0.15, 0.2) is 0 Å². The largest absolute Gasteiger partial charge is 0.336 e. The predicted octanol–water partition coefficient (Wildman–Crippen LogP) is 1.18. The molecular formula is C13H19N3O. The van der Waals surface area contributed by atoms with Crippen LogP contribution in [0.2, 0.25) is 0 Å². The minimum absolute atomic E-state index is 0.0127. The van der Waals surface area contributed by atoms with Crippen LogP contribution in [-0.4, -0.2) is 34.9 Å². The standard InChI is InChI=1S/C13H19N3O/c1-2-16(10-11-6-3-4-8-14-11)13(17)12-7-5-9-15-12/h3-4,6,8,12,15H,2,5,7,9-10H2,1H3/t12-/m1/s1. The molecule has 0 radical (unpaired) electrons. The highest BCUT2D eigenvalue weighted by atomic mass is 16.2. The molecule has 1 N–H and O–H groups in total. The lowest BCUT2D eigenvalue weighted by molar-refractivity contribution is -0.133. The van der Waals surface area contributed by atoms with Crippen LogP contribution in [0.25, 0.3) is 0 Å². The number of likely N-dealkylation sites (N-methyl/N-ethyl adjacent to an activating group) is 1. The van der Waals surface area contributed by atoms with E-state index in [2.05, 4.69) is 10.3 Å². The van der Waals surface area contributed by atoms with Crippen molar-refractivity contribution < 1.29 is 4.79 Å². The number of carbonyl (C=O) groups excluding carboxylic acids is 1. The van der Waals surface area contributed by atoms with Crippen molar-refractivity contribution >= 4 is 5.91 Å². The number of aromatic nitrogens is 1. The number of carbonyl (C=O) groups is 1. The maximum absolute atomic E-state index is 12.2. The molecule has 1 saturated heterocycles. The first-order valence-electron chi connectivity index (χ1n) is 6.23. The molecule has 4 heteroatoms. The van der Waals surface area contributed by atoms with Crippen LogP contribution in [0, 0.1) is 0 Å². The van der Waals surface area contributed by atoms with E-state index in [-0.39, 0.29) is 11.9 Å². The molecule has 2 rings (SSSR count). The number of hydrogen-bond donors (Lipinski definition) is 1. The number of pyridine rings is 1. The lowest BCUT2D eigenvalue weighted by Crippen LogP contribution is -2.43.